The second-order valence-corrected chi connectivity index (χ2v) is 8.60. The van der Waals surface area contributed by atoms with Crippen molar-refractivity contribution in [2.75, 3.05) is 5.32 Å². The first-order chi connectivity index (χ1) is 10.3. The van der Waals surface area contributed by atoms with Gasteiger partial charge in [0.2, 0.25) is 5.91 Å². The number of rotatable bonds is 5. The summed E-state index contributed by atoms with van der Waals surface area (Å²) in [6, 6.07) is 8.25. The van der Waals surface area contributed by atoms with Crippen LogP contribution in [0.5, 0.6) is 0 Å². The van der Waals surface area contributed by atoms with E-state index in [0.717, 1.165) is 11.3 Å². The molecule has 2 aromatic rings. The number of anilines is 1. The Morgan fingerprint density at radius 2 is 1.91 bits per heavy atom. The van der Waals surface area contributed by atoms with Gasteiger partial charge in [-0.15, -0.1) is 0 Å². The van der Waals surface area contributed by atoms with Gasteiger partial charge < -0.3 is 5.32 Å². The molecule has 0 spiro atoms. The molecule has 1 amide bonds. The molecule has 0 saturated heterocycles. The van der Waals surface area contributed by atoms with Crippen molar-refractivity contribution in [2.45, 2.75) is 37.3 Å². The molecule has 0 saturated carbocycles. The minimum Gasteiger partial charge on any atom is -0.316 e. The third-order valence-electron chi connectivity index (χ3n) is 3.13. The number of sulfone groups is 1. The number of aryl methyl sites for hydroxylation is 1. The van der Waals surface area contributed by atoms with Gasteiger partial charge in [-0.05, 0) is 56.1 Å². The standard InChI is InChI=1S/C15H18N2O3S2/c1-10(2)22(19,20)13-6-4-12(5-7-13)9-14(18)16-15-8-11(3)17-21-15/h4-8,10H,9H2,1-3H3,(H,16,18). The fourth-order valence-electron chi connectivity index (χ4n) is 1.86. The zero-order valence-electron chi connectivity index (χ0n) is 12.7. The van der Waals surface area contributed by atoms with E-state index in [1.807, 2.05) is 6.92 Å². The molecule has 0 aliphatic heterocycles. The Kier molecular flexibility index (Phi) is 4.97. The van der Waals surface area contributed by atoms with Crippen LogP contribution in [0, 0.1) is 6.92 Å². The lowest BCUT2D eigenvalue weighted by Crippen LogP contribution is -2.15. The lowest BCUT2D eigenvalue weighted by Gasteiger charge is -2.08. The fraction of sp³-hybridized carbons (Fsp3) is 0.333. The summed E-state index contributed by atoms with van der Waals surface area (Å²) in [5.41, 5.74) is 1.63. The first-order valence-electron chi connectivity index (χ1n) is 6.85. The maximum absolute atomic E-state index is 12.0. The zero-order chi connectivity index (χ0) is 16.3. The molecule has 0 unspecified atom stereocenters. The van der Waals surface area contributed by atoms with E-state index in [1.54, 1.807) is 44.2 Å². The number of aromatic nitrogens is 1. The Bertz CT molecular complexity index is 762. The number of nitrogens with one attached hydrogen (secondary N) is 1. The van der Waals surface area contributed by atoms with Gasteiger partial charge in [0.05, 0.1) is 22.3 Å². The van der Waals surface area contributed by atoms with Gasteiger partial charge in [-0.25, -0.2) is 8.42 Å². The third-order valence-corrected chi connectivity index (χ3v) is 6.09. The summed E-state index contributed by atoms with van der Waals surface area (Å²) in [6.07, 6.45) is 0.193. The average molecular weight is 338 g/mol. The number of nitrogens with zero attached hydrogens (tertiary/aromatic N) is 1. The summed E-state index contributed by atoms with van der Waals surface area (Å²) in [4.78, 5) is 12.2. The molecule has 0 fully saturated rings. The molecular weight excluding hydrogens is 320 g/mol. The molecule has 5 nitrogen and oxygen atoms in total. The number of hydrogen-bond donors (Lipinski definition) is 1. The van der Waals surface area contributed by atoms with Gasteiger partial charge in [-0.2, -0.15) is 4.37 Å². The van der Waals surface area contributed by atoms with Crippen LogP contribution in [-0.4, -0.2) is 23.9 Å². The van der Waals surface area contributed by atoms with Gasteiger partial charge in [0.25, 0.3) is 0 Å². The molecule has 1 aromatic carbocycles. The lowest BCUT2D eigenvalue weighted by atomic mass is 10.1. The molecular formula is C15H18N2O3S2. The van der Waals surface area contributed by atoms with Gasteiger partial charge in [0, 0.05) is 0 Å². The van der Waals surface area contributed by atoms with Crippen molar-refractivity contribution >= 4 is 32.3 Å². The normalized spacial score (nSPS) is 11.6. The molecule has 0 aliphatic rings. The molecule has 0 atom stereocenters. The first kappa shape index (κ1) is 16.6. The quantitative estimate of drug-likeness (QED) is 0.909. The van der Waals surface area contributed by atoms with Crippen molar-refractivity contribution in [3.8, 4) is 0 Å². The third kappa shape index (κ3) is 3.92. The molecule has 118 valence electrons. The van der Waals surface area contributed by atoms with E-state index in [9.17, 15) is 13.2 Å². The van der Waals surface area contributed by atoms with E-state index in [-0.39, 0.29) is 17.2 Å². The predicted molar refractivity (Wildman–Crippen MR) is 87.9 cm³/mol. The van der Waals surface area contributed by atoms with Crippen molar-refractivity contribution in [2.24, 2.45) is 0 Å². The van der Waals surface area contributed by atoms with Crippen LogP contribution in [-0.2, 0) is 21.1 Å². The SMILES string of the molecule is Cc1cc(NC(=O)Cc2ccc(S(=O)(=O)C(C)C)cc2)sn1. The Labute approximate surface area is 134 Å². The number of benzene rings is 1. The van der Waals surface area contributed by atoms with Crippen molar-refractivity contribution in [1.29, 1.82) is 0 Å². The fourth-order valence-corrected chi connectivity index (χ4v) is 3.60. The van der Waals surface area contributed by atoms with E-state index in [2.05, 4.69) is 9.69 Å². The van der Waals surface area contributed by atoms with Crippen molar-refractivity contribution in [3.05, 3.63) is 41.6 Å². The lowest BCUT2D eigenvalue weighted by molar-refractivity contribution is -0.115. The number of hydrogen-bond acceptors (Lipinski definition) is 5. The van der Waals surface area contributed by atoms with Crippen molar-refractivity contribution < 1.29 is 13.2 Å². The van der Waals surface area contributed by atoms with E-state index in [1.165, 1.54) is 11.5 Å². The second kappa shape index (κ2) is 6.58. The topological polar surface area (TPSA) is 76.1 Å². The van der Waals surface area contributed by atoms with Crippen LogP contribution in [0.25, 0.3) is 0 Å². The van der Waals surface area contributed by atoms with Gasteiger partial charge in [0.1, 0.15) is 5.00 Å². The molecule has 2 rings (SSSR count). The molecule has 1 N–H and O–H groups in total. The average Bonchev–Trinajstić information content (AvgIpc) is 2.84. The van der Waals surface area contributed by atoms with E-state index < -0.39 is 15.1 Å². The van der Waals surface area contributed by atoms with E-state index >= 15 is 0 Å². The number of carbonyl (C=O) groups excluding carboxylic acids is 1. The number of amides is 1. The minimum absolute atomic E-state index is 0.150. The van der Waals surface area contributed by atoms with Gasteiger partial charge >= 0.3 is 0 Å². The predicted octanol–water partition coefficient (Wildman–Crippen LogP) is 2.81. The zero-order valence-corrected chi connectivity index (χ0v) is 14.3. The Hall–Kier alpha value is -1.73. The highest BCUT2D eigenvalue weighted by Gasteiger charge is 2.18. The van der Waals surface area contributed by atoms with Gasteiger partial charge in [-0.1, -0.05) is 12.1 Å². The molecule has 7 heteroatoms. The summed E-state index contributed by atoms with van der Waals surface area (Å²) in [7, 11) is -3.28. The Morgan fingerprint density at radius 1 is 1.27 bits per heavy atom. The Balaban J connectivity index is 2.04. The monoisotopic (exact) mass is 338 g/mol. The van der Waals surface area contributed by atoms with E-state index in [4.69, 9.17) is 0 Å². The maximum Gasteiger partial charge on any atom is 0.229 e. The number of carbonyl (C=O) groups is 1. The van der Waals surface area contributed by atoms with Crippen molar-refractivity contribution in [3.63, 3.8) is 0 Å². The first-order valence-corrected chi connectivity index (χ1v) is 9.17. The Morgan fingerprint density at radius 3 is 2.41 bits per heavy atom. The second-order valence-electron chi connectivity index (χ2n) is 5.30. The van der Waals surface area contributed by atoms with Crippen LogP contribution in [0.3, 0.4) is 0 Å². The van der Waals surface area contributed by atoms with Crippen LogP contribution in [0.4, 0.5) is 5.00 Å². The summed E-state index contributed by atoms with van der Waals surface area (Å²) in [5, 5.41) is 3.02. The molecule has 1 heterocycles. The summed E-state index contributed by atoms with van der Waals surface area (Å²) in [6.45, 7) is 5.15. The summed E-state index contributed by atoms with van der Waals surface area (Å²) in [5.74, 6) is -0.150. The molecule has 0 radical (unpaired) electrons. The van der Waals surface area contributed by atoms with Crippen LogP contribution in [0.15, 0.2) is 35.2 Å². The largest absolute Gasteiger partial charge is 0.316 e. The van der Waals surface area contributed by atoms with Crippen LogP contribution in [0.1, 0.15) is 25.1 Å². The van der Waals surface area contributed by atoms with Crippen molar-refractivity contribution in [1.82, 2.24) is 4.37 Å². The summed E-state index contributed by atoms with van der Waals surface area (Å²) < 4.78 is 28.1. The summed E-state index contributed by atoms with van der Waals surface area (Å²) >= 11 is 1.24. The maximum atomic E-state index is 12.0. The van der Waals surface area contributed by atoms with E-state index in [0.29, 0.717) is 5.00 Å². The molecule has 22 heavy (non-hydrogen) atoms. The van der Waals surface area contributed by atoms with Crippen LogP contribution in [0.2, 0.25) is 0 Å². The van der Waals surface area contributed by atoms with Crippen LogP contribution < -0.4 is 5.32 Å². The molecule has 0 bridgehead atoms. The molecule has 0 aliphatic carbocycles. The van der Waals surface area contributed by atoms with Crippen LogP contribution >= 0.6 is 11.5 Å². The highest BCUT2D eigenvalue weighted by atomic mass is 32.2. The minimum atomic E-state index is -3.28. The highest BCUT2D eigenvalue weighted by molar-refractivity contribution is 7.92. The van der Waals surface area contributed by atoms with Gasteiger partial charge in [0.15, 0.2) is 9.84 Å². The smallest absolute Gasteiger partial charge is 0.229 e. The van der Waals surface area contributed by atoms with Gasteiger partial charge in [-0.3, -0.25) is 4.79 Å². The highest BCUT2D eigenvalue weighted by Crippen LogP contribution is 2.18. The molecule has 1 aromatic heterocycles.